The molecule has 3 nitrogen and oxygen atoms in total. The zero-order valence-electron chi connectivity index (χ0n) is 10.4. The van der Waals surface area contributed by atoms with E-state index in [-0.39, 0.29) is 5.60 Å². The van der Waals surface area contributed by atoms with E-state index in [1.54, 1.807) is 12.1 Å². The van der Waals surface area contributed by atoms with Gasteiger partial charge in [0.15, 0.2) is 0 Å². The van der Waals surface area contributed by atoms with Crippen LogP contribution < -0.4 is 5.73 Å². The van der Waals surface area contributed by atoms with Crippen molar-refractivity contribution < 1.29 is 9.53 Å². The summed E-state index contributed by atoms with van der Waals surface area (Å²) < 4.78 is 5.61. The lowest BCUT2D eigenvalue weighted by Gasteiger charge is -2.19. The van der Waals surface area contributed by atoms with Crippen LogP contribution in [0.3, 0.4) is 0 Å². The van der Waals surface area contributed by atoms with Crippen LogP contribution in [0.2, 0.25) is 5.02 Å². The van der Waals surface area contributed by atoms with Crippen LogP contribution in [0.5, 0.6) is 0 Å². The van der Waals surface area contributed by atoms with Gasteiger partial charge in [-0.2, -0.15) is 0 Å². The van der Waals surface area contributed by atoms with E-state index in [0.717, 1.165) is 5.56 Å². The number of amides is 1. The Labute approximate surface area is 107 Å². The van der Waals surface area contributed by atoms with Crippen molar-refractivity contribution >= 4 is 17.5 Å². The lowest BCUT2D eigenvalue weighted by molar-refractivity contribution is -0.00100. The molecular formula is C13H18ClNO2. The van der Waals surface area contributed by atoms with Gasteiger partial charge in [-0.15, -0.1) is 0 Å². The first-order chi connectivity index (χ1) is 7.81. The van der Waals surface area contributed by atoms with Crippen molar-refractivity contribution in [2.24, 2.45) is 5.73 Å². The van der Waals surface area contributed by atoms with Crippen molar-refractivity contribution in [2.45, 2.75) is 32.8 Å². The maximum Gasteiger partial charge on any atom is 0.250 e. The van der Waals surface area contributed by atoms with Gasteiger partial charge in [0, 0.05) is 0 Å². The Morgan fingerprint density at radius 3 is 2.59 bits per heavy atom. The molecule has 0 unspecified atom stereocenters. The smallest absolute Gasteiger partial charge is 0.250 e. The number of carbonyl (C=O) groups excluding carboxylic acids is 1. The Bertz CT molecular complexity index is 410. The molecule has 1 aromatic carbocycles. The van der Waals surface area contributed by atoms with Gasteiger partial charge < -0.3 is 10.5 Å². The maximum atomic E-state index is 11.3. The highest BCUT2D eigenvalue weighted by atomic mass is 35.5. The third kappa shape index (κ3) is 4.36. The maximum absolute atomic E-state index is 11.3. The summed E-state index contributed by atoms with van der Waals surface area (Å²) in [6.45, 7) is 6.49. The second-order valence-electron chi connectivity index (χ2n) is 4.85. The Hall–Kier alpha value is -1.06. The van der Waals surface area contributed by atoms with Crippen LogP contribution >= 0.6 is 11.6 Å². The highest BCUT2D eigenvalue weighted by Crippen LogP contribution is 2.20. The van der Waals surface area contributed by atoms with Gasteiger partial charge >= 0.3 is 0 Å². The fraction of sp³-hybridized carbons (Fsp3) is 0.462. The predicted octanol–water partition coefficient (Wildman–Crippen LogP) is 2.80. The number of primary amides is 1. The first kappa shape index (κ1) is 14.0. The number of hydrogen-bond acceptors (Lipinski definition) is 2. The van der Waals surface area contributed by atoms with E-state index < -0.39 is 5.91 Å². The number of halogens is 1. The molecule has 0 saturated carbocycles. The molecule has 0 atom stereocenters. The molecule has 0 aliphatic rings. The van der Waals surface area contributed by atoms with E-state index in [1.807, 2.05) is 26.8 Å². The summed E-state index contributed by atoms with van der Waals surface area (Å²) in [5.41, 5.74) is 6.34. The normalized spacial score (nSPS) is 11.5. The third-order valence-electron chi connectivity index (χ3n) is 2.25. The molecule has 4 heteroatoms. The summed E-state index contributed by atoms with van der Waals surface area (Å²) >= 11 is 5.95. The molecule has 0 saturated heterocycles. The molecule has 0 aromatic heterocycles. The minimum Gasteiger partial charge on any atom is -0.376 e. The summed E-state index contributed by atoms with van der Waals surface area (Å²) in [5, 5.41) is 0.394. The van der Waals surface area contributed by atoms with E-state index in [2.05, 4.69) is 0 Å². The van der Waals surface area contributed by atoms with Gasteiger partial charge in [0.2, 0.25) is 5.91 Å². The van der Waals surface area contributed by atoms with Crippen molar-refractivity contribution in [1.29, 1.82) is 0 Å². The lowest BCUT2D eigenvalue weighted by Crippen LogP contribution is -2.21. The first-order valence-electron chi connectivity index (χ1n) is 5.52. The molecular weight excluding hydrogens is 238 g/mol. The highest BCUT2D eigenvalue weighted by Gasteiger charge is 2.14. The second kappa shape index (κ2) is 5.52. The first-order valence-corrected chi connectivity index (χ1v) is 5.90. The summed E-state index contributed by atoms with van der Waals surface area (Å²) in [7, 11) is 0. The average molecular weight is 256 g/mol. The molecule has 0 heterocycles. The summed E-state index contributed by atoms with van der Waals surface area (Å²) in [5.74, 6) is -0.499. The SMILES string of the molecule is CC(C)(C)OCCc1cccc(Cl)c1C(N)=O. The van der Waals surface area contributed by atoms with Crippen LogP contribution in [0.25, 0.3) is 0 Å². The number of rotatable bonds is 4. The van der Waals surface area contributed by atoms with Gasteiger partial charge in [0.1, 0.15) is 0 Å². The fourth-order valence-corrected chi connectivity index (χ4v) is 1.81. The van der Waals surface area contributed by atoms with Crippen molar-refractivity contribution in [3.05, 3.63) is 34.3 Å². The number of hydrogen-bond donors (Lipinski definition) is 1. The van der Waals surface area contributed by atoms with Crippen molar-refractivity contribution in [2.75, 3.05) is 6.61 Å². The molecule has 0 fully saturated rings. The minimum absolute atomic E-state index is 0.189. The molecule has 0 bridgehead atoms. The van der Waals surface area contributed by atoms with Crippen LogP contribution in [0.15, 0.2) is 18.2 Å². The molecule has 94 valence electrons. The van der Waals surface area contributed by atoms with E-state index in [4.69, 9.17) is 22.1 Å². The minimum atomic E-state index is -0.499. The van der Waals surface area contributed by atoms with Gasteiger partial charge in [-0.3, -0.25) is 4.79 Å². The zero-order chi connectivity index (χ0) is 13.1. The van der Waals surface area contributed by atoms with Crippen LogP contribution in [-0.2, 0) is 11.2 Å². The number of carbonyl (C=O) groups is 1. The predicted molar refractivity (Wildman–Crippen MR) is 69.4 cm³/mol. The molecule has 1 amide bonds. The highest BCUT2D eigenvalue weighted by molar-refractivity contribution is 6.34. The fourth-order valence-electron chi connectivity index (χ4n) is 1.52. The molecule has 2 N–H and O–H groups in total. The van der Waals surface area contributed by atoms with Crippen LogP contribution in [-0.4, -0.2) is 18.1 Å². The molecule has 0 aliphatic heterocycles. The Kier molecular flexibility index (Phi) is 4.54. The summed E-state index contributed by atoms with van der Waals surface area (Å²) in [6.07, 6.45) is 0.621. The van der Waals surface area contributed by atoms with Gasteiger partial charge in [-0.25, -0.2) is 0 Å². The largest absolute Gasteiger partial charge is 0.376 e. The van der Waals surface area contributed by atoms with E-state index in [9.17, 15) is 4.79 Å². The van der Waals surface area contributed by atoms with E-state index >= 15 is 0 Å². The molecule has 1 rings (SSSR count). The molecule has 0 aliphatic carbocycles. The second-order valence-corrected chi connectivity index (χ2v) is 5.26. The van der Waals surface area contributed by atoms with Crippen molar-refractivity contribution in [3.63, 3.8) is 0 Å². The molecule has 0 radical (unpaired) electrons. The van der Waals surface area contributed by atoms with Crippen LogP contribution in [0.1, 0.15) is 36.7 Å². The Morgan fingerprint density at radius 1 is 1.41 bits per heavy atom. The number of benzene rings is 1. The monoisotopic (exact) mass is 255 g/mol. The number of ether oxygens (including phenoxy) is 1. The zero-order valence-corrected chi connectivity index (χ0v) is 11.2. The van der Waals surface area contributed by atoms with Gasteiger partial charge in [-0.05, 0) is 38.8 Å². The molecule has 0 spiro atoms. The quantitative estimate of drug-likeness (QED) is 0.900. The third-order valence-corrected chi connectivity index (χ3v) is 2.57. The lowest BCUT2D eigenvalue weighted by atomic mass is 10.0. The average Bonchev–Trinajstić information content (AvgIpc) is 2.14. The van der Waals surface area contributed by atoms with Crippen LogP contribution in [0, 0.1) is 0 Å². The van der Waals surface area contributed by atoms with Crippen molar-refractivity contribution in [1.82, 2.24) is 0 Å². The van der Waals surface area contributed by atoms with E-state index in [1.165, 1.54) is 0 Å². The molecule has 17 heavy (non-hydrogen) atoms. The summed E-state index contributed by atoms with van der Waals surface area (Å²) in [6, 6.07) is 5.31. The van der Waals surface area contributed by atoms with Crippen LogP contribution in [0.4, 0.5) is 0 Å². The van der Waals surface area contributed by atoms with Gasteiger partial charge in [-0.1, -0.05) is 23.7 Å². The standard InChI is InChI=1S/C13H18ClNO2/c1-13(2,3)17-8-7-9-5-4-6-10(14)11(9)12(15)16/h4-6H,7-8H2,1-3H3,(H2,15,16). The van der Waals surface area contributed by atoms with E-state index in [0.29, 0.717) is 23.6 Å². The topological polar surface area (TPSA) is 52.3 Å². The number of nitrogens with two attached hydrogens (primary N) is 1. The van der Waals surface area contributed by atoms with Gasteiger partial charge in [0.05, 0.1) is 22.8 Å². The Balaban J connectivity index is 2.78. The van der Waals surface area contributed by atoms with Gasteiger partial charge in [0.25, 0.3) is 0 Å². The Morgan fingerprint density at radius 2 is 2.06 bits per heavy atom. The molecule has 1 aromatic rings. The van der Waals surface area contributed by atoms with Crippen molar-refractivity contribution in [3.8, 4) is 0 Å². The summed E-state index contributed by atoms with van der Waals surface area (Å²) in [4.78, 5) is 11.3.